The molecule has 0 aromatic heterocycles. The van der Waals surface area contributed by atoms with Gasteiger partial charge in [0.25, 0.3) is 0 Å². The highest BCUT2D eigenvalue weighted by Crippen LogP contribution is 2.38. The Balaban J connectivity index is 0.000000259. The molecule has 29 heteroatoms. The van der Waals surface area contributed by atoms with Gasteiger partial charge in [-0.15, -0.1) is 8.57 Å². The summed E-state index contributed by atoms with van der Waals surface area (Å²) >= 11 is 0. The minimum atomic E-state index is -6.49. The molecule has 4 bridgehead atoms. The summed E-state index contributed by atoms with van der Waals surface area (Å²) in [5.41, 5.74) is -19.6. The van der Waals surface area contributed by atoms with E-state index in [0.717, 1.165) is 49.9 Å². The first-order chi connectivity index (χ1) is 28.8. The summed E-state index contributed by atoms with van der Waals surface area (Å²) in [4.78, 5) is 39.3. The number of ether oxygens (including phenoxy) is 2. The Morgan fingerprint density at radius 3 is 1.38 bits per heavy atom. The molecule has 4 unspecified atom stereocenters. The fourth-order valence-corrected chi connectivity index (χ4v) is 7.84. The highest BCUT2D eigenvalue weighted by atomic mass is 32.2. The number of carbonyl (C=O) groups excluding carboxylic acids is 3. The Morgan fingerprint density at radius 2 is 0.984 bits per heavy atom. The number of hydrogen-bond donors (Lipinski definition) is 0. The van der Waals surface area contributed by atoms with Gasteiger partial charge < -0.3 is 18.6 Å². The Morgan fingerprint density at radius 1 is 0.594 bits per heavy atom. The summed E-state index contributed by atoms with van der Waals surface area (Å²) in [7, 11) is -18.7. The Bertz CT molecular complexity index is 2130. The third-order valence-electron chi connectivity index (χ3n) is 8.97. The summed E-state index contributed by atoms with van der Waals surface area (Å²) < 4.78 is 198. The summed E-state index contributed by atoms with van der Waals surface area (Å²) in [5, 5.41) is -1.02. The predicted molar refractivity (Wildman–Crippen MR) is 203 cm³/mol. The molecule has 0 aliphatic carbocycles. The molecule has 2 amide bonds. The number of nitrogens with zero attached hydrogens (tertiary/aromatic N) is 3. The standard InChI is InChI=1S/C14H20F3NO5S.C13H21NO3.C8H5F6NO6S2/c1-13(2,3)22-12(19)18-9-5-4-6-10(18)8-11(7-9)23-24(20,21)14(15,16)17;1-13(2,3)17-12(16)14-9-5-4-6-10(14)8-11(15)7-9;9-7(10,11)22(16,17)20-15(6-4-2-1-3-5-6)21-23(18,19)8(12,13)14/h7,9-10H,4-6,8H2,1-3H3;9-10H,4-8H2,1-3H3;1-5H. The van der Waals surface area contributed by atoms with E-state index < -0.39 is 87.2 Å². The first-order valence-corrected chi connectivity index (χ1v) is 23.2. The van der Waals surface area contributed by atoms with Gasteiger partial charge in [0.2, 0.25) is 0 Å². The molecule has 0 spiro atoms. The fourth-order valence-electron chi connectivity index (χ4n) is 6.54. The second-order valence-electron chi connectivity index (χ2n) is 16.5. The molecule has 17 nitrogen and oxygen atoms in total. The number of fused-ring (bicyclic) bond motifs is 4. The lowest BCUT2D eigenvalue weighted by molar-refractivity contribution is -0.126. The lowest BCUT2D eigenvalue weighted by Gasteiger charge is -2.45. The van der Waals surface area contributed by atoms with Crippen LogP contribution in [0.1, 0.15) is 99.3 Å². The third-order valence-corrected chi connectivity index (χ3v) is 11.8. The maximum Gasteiger partial charge on any atom is 0.534 e. The van der Waals surface area contributed by atoms with E-state index in [9.17, 15) is 79.2 Å². The van der Waals surface area contributed by atoms with E-state index in [2.05, 4.69) is 12.8 Å². The molecular weight excluding hydrogens is 954 g/mol. The number of rotatable bonds is 7. The maximum atomic E-state index is 12.4. The minimum absolute atomic E-state index is 0.0739. The smallest absolute Gasteiger partial charge is 0.444 e. The Kier molecular flexibility index (Phi) is 16.8. The van der Waals surface area contributed by atoms with E-state index in [1.165, 1.54) is 17.0 Å². The maximum absolute atomic E-state index is 12.4. The number of alkyl halides is 9. The first kappa shape index (κ1) is 54.2. The van der Waals surface area contributed by atoms with Gasteiger partial charge in [0.05, 0.1) is 11.7 Å². The van der Waals surface area contributed by atoms with Gasteiger partial charge in [-0.25, -0.2) is 9.59 Å². The molecular formula is C35H46F9N3O14S3. The van der Waals surface area contributed by atoms with E-state index in [1.807, 2.05) is 25.7 Å². The molecule has 3 fully saturated rings. The zero-order valence-corrected chi connectivity index (χ0v) is 37.3. The van der Waals surface area contributed by atoms with Crippen molar-refractivity contribution < 1.29 is 101 Å². The monoisotopic (exact) mass is 999 g/mol. The first-order valence-electron chi connectivity index (χ1n) is 19.0. The number of halogens is 9. The molecule has 366 valence electrons. The number of anilines is 1. The minimum Gasteiger partial charge on any atom is -0.444 e. The van der Waals surface area contributed by atoms with E-state index in [-0.39, 0.29) is 30.4 Å². The number of carbonyl (C=O) groups is 3. The summed E-state index contributed by atoms with van der Waals surface area (Å²) in [6, 6.07) is 3.96. The zero-order chi connectivity index (χ0) is 49.1. The molecule has 3 saturated heterocycles. The van der Waals surface area contributed by atoms with Crippen LogP contribution in [0.4, 0.5) is 54.8 Å². The third kappa shape index (κ3) is 15.0. The van der Waals surface area contributed by atoms with E-state index in [0.29, 0.717) is 31.5 Å². The highest BCUT2D eigenvalue weighted by Gasteiger charge is 2.54. The molecule has 4 heterocycles. The van der Waals surface area contributed by atoms with E-state index in [4.69, 9.17) is 9.47 Å². The lowest BCUT2D eigenvalue weighted by Crippen LogP contribution is -2.56. The van der Waals surface area contributed by atoms with Gasteiger partial charge in [-0.2, -0.15) is 64.8 Å². The number of hydrogen-bond acceptors (Lipinski definition) is 15. The zero-order valence-electron chi connectivity index (χ0n) is 34.8. The number of para-hydroxylation sites is 1. The fraction of sp³-hybridized carbons (Fsp3) is 0.686. The van der Waals surface area contributed by atoms with Crippen molar-refractivity contribution in [2.45, 2.75) is 151 Å². The van der Waals surface area contributed by atoms with Crippen LogP contribution in [0.2, 0.25) is 0 Å². The number of ketones is 1. The molecule has 1 aromatic carbocycles. The predicted octanol–water partition coefficient (Wildman–Crippen LogP) is 7.86. The van der Waals surface area contributed by atoms with Crippen molar-refractivity contribution in [3.63, 3.8) is 0 Å². The normalized spacial score (nSPS) is 22.1. The summed E-state index contributed by atoms with van der Waals surface area (Å²) in [6.45, 7) is 10.8. The topological polar surface area (TPSA) is 209 Å². The average molecular weight is 1000 g/mol. The molecule has 4 aliphatic rings. The van der Waals surface area contributed by atoms with Gasteiger partial charge in [0, 0.05) is 37.4 Å². The van der Waals surface area contributed by atoms with Crippen molar-refractivity contribution >= 4 is 54.0 Å². The molecule has 5 rings (SSSR count). The van der Waals surface area contributed by atoms with Gasteiger partial charge in [-0.05, 0) is 98.3 Å². The van der Waals surface area contributed by atoms with Gasteiger partial charge in [-0.3, -0.25) is 9.69 Å². The number of benzene rings is 1. The van der Waals surface area contributed by atoms with Crippen molar-refractivity contribution in [3.05, 3.63) is 42.2 Å². The van der Waals surface area contributed by atoms with Crippen LogP contribution in [0.15, 0.2) is 42.2 Å². The van der Waals surface area contributed by atoms with Crippen LogP contribution in [0.3, 0.4) is 0 Å². The van der Waals surface area contributed by atoms with Crippen molar-refractivity contribution in [1.82, 2.24) is 9.80 Å². The molecule has 0 N–H and O–H groups in total. The van der Waals surface area contributed by atoms with Gasteiger partial charge in [0.1, 0.15) is 22.7 Å². The molecule has 4 atom stereocenters. The SMILES string of the molecule is CC(C)(C)OC(=O)N1C2C=C(OS(=O)(=O)C(F)(F)F)CC1CCC2.CC(C)(C)OC(=O)N1C2CCCC1CC(=O)C2.O=S(=O)(ON(OS(=O)(=O)C(F)(F)F)c1ccccc1)C(F)(F)F. The van der Waals surface area contributed by atoms with E-state index >= 15 is 0 Å². The van der Waals surface area contributed by atoms with Crippen LogP contribution in [-0.4, -0.2) is 105 Å². The van der Waals surface area contributed by atoms with E-state index in [1.54, 1.807) is 20.8 Å². The van der Waals surface area contributed by atoms with Crippen LogP contribution in [0.25, 0.3) is 0 Å². The summed E-state index contributed by atoms with van der Waals surface area (Å²) in [6.07, 6.45) is 6.19. The van der Waals surface area contributed by atoms with Gasteiger partial charge >= 0.3 is 59.1 Å². The molecule has 1 aromatic rings. The quantitative estimate of drug-likeness (QED) is 0.110. The van der Waals surface area contributed by atoms with Crippen LogP contribution in [0, 0.1) is 0 Å². The van der Waals surface area contributed by atoms with Crippen molar-refractivity contribution in [3.8, 4) is 0 Å². The van der Waals surface area contributed by atoms with Crippen LogP contribution in [-0.2, 0) is 57.4 Å². The van der Waals surface area contributed by atoms with Crippen LogP contribution < -0.4 is 5.23 Å². The van der Waals surface area contributed by atoms with Gasteiger partial charge in [-0.1, -0.05) is 23.4 Å². The van der Waals surface area contributed by atoms with Crippen molar-refractivity contribution in [2.75, 3.05) is 5.23 Å². The lowest BCUT2D eigenvalue weighted by atomic mass is 9.84. The number of amides is 2. The Labute approximate surface area is 363 Å². The Hall–Kier alpha value is -4.09. The summed E-state index contributed by atoms with van der Waals surface area (Å²) in [5.74, 6) is 0.0151. The average Bonchev–Trinajstić information content (AvgIpc) is 3.08. The van der Waals surface area contributed by atoms with Crippen molar-refractivity contribution in [1.29, 1.82) is 0 Å². The number of piperidine rings is 3. The van der Waals surface area contributed by atoms with Crippen molar-refractivity contribution in [2.24, 2.45) is 0 Å². The molecule has 64 heavy (non-hydrogen) atoms. The van der Waals surface area contributed by atoms with Crippen LogP contribution in [0.5, 0.6) is 0 Å². The molecule has 0 radical (unpaired) electrons. The highest BCUT2D eigenvalue weighted by molar-refractivity contribution is 7.88. The molecule has 4 aliphatic heterocycles. The molecule has 0 saturated carbocycles. The van der Waals surface area contributed by atoms with Crippen LogP contribution >= 0.6 is 0 Å². The second-order valence-corrected chi connectivity index (χ2v) is 21.1. The number of Topliss-reactive ketones (excluding diaryl/α,β-unsaturated/α-hetero) is 1. The largest absolute Gasteiger partial charge is 0.534 e. The van der Waals surface area contributed by atoms with Gasteiger partial charge in [0.15, 0.2) is 0 Å². The second kappa shape index (κ2) is 19.8.